The van der Waals surface area contributed by atoms with Gasteiger partial charge in [-0.2, -0.15) is 0 Å². The van der Waals surface area contributed by atoms with Gasteiger partial charge in [-0.05, 0) is 29.8 Å². The number of carboxylic acids is 1. The number of aromatic carboxylic acids is 1. The molecule has 2 rings (SSSR count). The lowest BCUT2D eigenvalue weighted by molar-refractivity contribution is -0.255. The molecule has 0 spiro atoms. The van der Waals surface area contributed by atoms with E-state index in [9.17, 15) is 18.3 Å². The number of hydrogen-bond donors (Lipinski definition) is 0. The fraction of sp³-hybridized carbons (Fsp3) is 0.0625. The highest BCUT2D eigenvalue weighted by Crippen LogP contribution is 2.33. The van der Waals surface area contributed by atoms with Gasteiger partial charge in [0.15, 0.2) is 0 Å². The predicted molar refractivity (Wildman–Crippen MR) is 92.0 cm³/mol. The predicted octanol–water partition coefficient (Wildman–Crippen LogP) is 2.74. The van der Waals surface area contributed by atoms with Crippen molar-refractivity contribution < 1.29 is 18.3 Å². The van der Waals surface area contributed by atoms with E-state index in [0.29, 0.717) is 0 Å². The molecule has 126 valence electrons. The average molecular weight is 385 g/mol. The fourth-order valence-corrected chi connectivity index (χ4v) is 4.29. The van der Waals surface area contributed by atoms with Crippen LogP contribution in [0.25, 0.3) is 0 Å². The maximum absolute atomic E-state index is 13.0. The Bertz CT molecular complexity index is 897. The van der Waals surface area contributed by atoms with Gasteiger partial charge in [-0.25, -0.2) is 8.42 Å². The van der Waals surface area contributed by atoms with Crippen LogP contribution in [0.1, 0.15) is 10.4 Å². The Kier molecular flexibility index (Phi) is 5.54. The van der Waals surface area contributed by atoms with Gasteiger partial charge in [0.1, 0.15) is 4.90 Å². The second kappa shape index (κ2) is 7.25. The molecule has 0 bridgehead atoms. The number of carboxylic acid groups (broad SMARTS) is 1. The first-order valence-electron chi connectivity index (χ1n) is 6.68. The van der Waals surface area contributed by atoms with Gasteiger partial charge in [0.2, 0.25) is 0 Å². The van der Waals surface area contributed by atoms with Crippen LogP contribution in [0, 0.1) is 0 Å². The third-order valence-electron chi connectivity index (χ3n) is 3.15. The lowest BCUT2D eigenvalue weighted by atomic mass is 10.2. The maximum Gasteiger partial charge on any atom is 0.266 e. The molecule has 0 atom stereocenters. The summed E-state index contributed by atoms with van der Waals surface area (Å²) in [5.74, 6) is -1.50. The number of benzene rings is 2. The SMILES string of the molecule is C=CCN(c1ccccc1Cl)S(=O)(=O)c1cc(C(=O)[O-])ccc1Cl. The lowest BCUT2D eigenvalue weighted by Crippen LogP contribution is -2.32. The summed E-state index contributed by atoms with van der Waals surface area (Å²) in [7, 11) is -4.17. The van der Waals surface area contributed by atoms with Gasteiger partial charge in [0.05, 0.1) is 28.2 Å². The number of halogens is 2. The number of hydrogen-bond acceptors (Lipinski definition) is 4. The van der Waals surface area contributed by atoms with E-state index < -0.39 is 16.0 Å². The molecule has 8 heteroatoms. The zero-order valence-corrected chi connectivity index (χ0v) is 14.6. The number of sulfonamides is 1. The van der Waals surface area contributed by atoms with Crippen LogP contribution in [0.4, 0.5) is 5.69 Å². The molecule has 0 amide bonds. The molecule has 0 fully saturated rings. The smallest absolute Gasteiger partial charge is 0.266 e. The molecule has 0 aromatic heterocycles. The summed E-state index contributed by atoms with van der Waals surface area (Å²) in [6.45, 7) is 3.47. The summed E-state index contributed by atoms with van der Waals surface area (Å²) in [6.07, 6.45) is 1.39. The Morgan fingerprint density at radius 2 is 1.83 bits per heavy atom. The molecule has 2 aromatic carbocycles. The first-order valence-corrected chi connectivity index (χ1v) is 8.87. The minimum absolute atomic E-state index is 0.0715. The highest BCUT2D eigenvalue weighted by Gasteiger charge is 2.28. The number of para-hydroxylation sites is 1. The second-order valence-corrected chi connectivity index (χ2v) is 7.35. The van der Waals surface area contributed by atoms with Crippen LogP contribution in [-0.4, -0.2) is 20.9 Å². The van der Waals surface area contributed by atoms with Crippen LogP contribution in [-0.2, 0) is 10.0 Å². The molecular weight excluding hydrogens is 373 g/mol. The zero-order chi connectivity index (χ0) is 17.9. The number of carbonyl (C=O) groups excluding carboxylic acids is 1. The Hall–Kier alpha value is -2.02. The number of nitrogens with zero attached hydrogens (tertiary/aromatic N) is 1. The standard InChI is InChI=1S/C16H13Cl2NO4S/c1-2-9-19(14-6-4-3-5-12(14)17)24(22,23)15-10-11(16(20)21)7-8-13(15)18/h2-8,10H,1,9H2,(H,20,21)/p-1. The molecular formula is C16H12Cl2NO4S-. The zero-order valence-electron chi connectivity index (χ0n) is 12.3. The molecule has 5 nitrogen and oxygen atoms in total. The second-order valence-electron chi connectivity index (χ2n) is 4.71. The fourth-order valence-electron chi connectivity index (χ4n) is 2.04. The van der Waals surface area contributed by atoms with Gasteiger partial charge in [-0.15, -0.1) is 6.58 Å². The summed E-state index contributed by atoms with van der Waals surface area (Å²) >= 11 is 12.1. The van der Waals surface area contributed by atoms with Crippen molar-refractivity contribution >= 4 is 44.9 Å². The van der Waals surface area contributed by atoms with E-state index in [1.807, 2.05) is 0 Å². The first-order chi connectivity index (χ1) is 11.3. The van der Waals surface area contributed by atoms with E-state index in [0.717, 1.165) is 10.4 Å². The van der Waals surface area contributed by atoms with Crippen LogP contribution in [0.5, 0.6) is 0 Å². The van der Waals surface area contributed by atoms with Crippen LogP contribution in [0.3, 0.4) is 0 Å². The van der Waals surface area contributed by atoms with Crippen molar-refractivity contribution in [1.82, 2.24) is 0 Å². The van der Waals surface area contributed by atoms with Crippen molar-refractivity contribution in [2.45, 2.75) is 4.90 Å². The highest BCUT2D eigenvalue weighted by molar-refractivity contribution is 7.93. The third-order valence-corrected chi connectivity index (χ3v) is 5.73. The van der Waals surface area contributed by atoms with E-state index in [1.165, 1.54) is 24.3 Å². The Morgan fingerprint density at radius 3 is 2.42 bits per heavy atom. The summed E-state index contributed by atoms with van der Waals surface area (Å²) in [5.41, 5.74) is -0.0651. The molecule has 0 radical (unpaired) electrons. The number of anilines is 1. The van der Waals surface area contributed by atoms with Crippen LogP contribution in [0.15, 0.2) is 60.0 Å². The first kappa shape index (κ1) is 18.3. The lowest BCUT2D eigenvalue weighted by Gasteiger charge is -2.25. The van der Waals surface area contributed by atoms with E-state index in [2.05, 4.69) is 6.58 Å². The molecule has 0 heterocycles. The van der Waals surface area contributed by atoms with E-state index in [4.69, 9.17) is 23.2 Å². The molecule has 24 heavy (non-hydrogen) atoms. The van der Waals surface area contributed by atoms with Gasteiger partial charge in [0.25, 0.3) is 10.0 Å². The molecule has 0 N–H and O–H groups in total. The Morgan fingerprint density at radius 1 is 1.17 bits per heavy atom. The van der Waals surface area contributed by atoms with Crippen molar-refractivity contribution in [2.24, 2.45) is 0 Å². The van der Waals surface area contributed by atoms with Gasteiger partial charge >= 0.3 is 0 Å². The van der Waals surface area contributed by atoms with Crippen molar-refractivity contribution in [1.29, 1.82) is 0 Å². The van der Waals surface area contributed by atoms with Crippen LogP contribution < -0.4 is 9.41 Å². The monoisotopic (exact) mass is 384 g/mol. The molecule has 0 unspecified atom stereocenters. The summed E-state index contributed by atoms with van der Waals surface area (Å²) in [6, 6.07) is 9.68. The van der Waals surface area contributed by atoms with E-state index >= 15 is 0 Å². The summed E-state index contributed by atoms with van der Waals surface area (Å²) in [5, 5.41) is 11.1. The van der Waals surface area contributed by atoms with Crippen molar-refractivity contribution in [3.8, 4) is 0 Å². The van der Waals surface area contributed by atoms with Gasteiger partial charge in [-0.3, -0.25) is 4.31 Å². The van der Waals surface area contributed by atoms with E-state index in [-0.39, 0.29) is 32.7 Å². The Balaban J connectivity index is 2.66. The van der Waals surface area contributed by atoms with Crippen molar-refractivity contribution in [3.05, 3.63) is 70.7 Å². The van der Waals surface area contributed by atoms with Crippen LogP contribution >= 0.6 is 23.2 Å². The van der Waals surface area contributed by atoms with E-state index in [1.54, 1.807) is 18.2 Å². The topological polar surface area (TPSA) is 77.5 Å². The third kappa shape index (κ3) is 3.56. The van der Waals surface area contributed by atoms with Crippen molar-refractivity contribution in [2.75, 3.05) is 10.8 Å². The largest absolute Gasteiger partial charge is 0.545 e. The molecule has 2 aromatic rings. The molecule has 0 aliphatic heterocycles. The quantitative estimate of drug-likeness (QED) is 0.717. The molecule has 0 saturated carbocycles. The van der Waals surface area contributed by atoms with Gasteiger partial charge < -0.3 is 9.90 Å². The summed E-state index contributed by atoms with van der Waals surface area (Å²) in [4.78, 5) is 10.7. The Labute approximate surface area is 149 Å². The van der Waals surface area contributed by atoms with Crippen LogP contribution in [0.2, 0.25) is 10.0 Å². The normalized spacial score (nSPS) is 11.1. The average Bonchev–Trinajstić information content (AvgIpc) is 2.53. The molecule has 0 saturated heterocycles. The minimum atomic E-state index is -4.17. The number of rotatable bonds is 6. The minimum Gasteiger partial charge on any atom is -0.545 e. The molecule has 0 aliphatic rings. The van der Waals surface area contributed by atoms with Gasteiger partial charge in [0, 0.05) is 0 Å². The van der Waals surface area contributed by atoms with Crippen molar-refractivity contribution in [3.63, 3.8) is 0 Å². The number of carbonyl (C=O) groups is 1. The highest BCUT2D eigenvalue weighted by atomic mass is 35.5. The summed E-state index contributed by atoms with van der Waals surface area (Å²) < 4.78 is 27.0. The maximum atomic E-state index is 13.0. The van der Waals surface area contributed by atoms with Gasteiger partial charge in [-0.1, -0.05) is 47.5 Å². The molecule has 0 aliphatic carbocycles.